The Hall–Kier alpha value is -3.92. The summed E-state index contributed by atoms with van der Waals surface area (Å²) in [7, 11) is 0. The summed E-state index contributed by atoms with van der Waals surface area (Å²) in [5.41, 5.74) is 1.03. The highest BCUT2D eigenvalue weighted by Gasteiger charge is 2.19. The number of amides is 1. The molecule has 5 rings (SSSR count). The van der Waals surface area contributed by atoms with Crippen LogP contribution in [0.3, 0.4) is 0 Å². The number of fused-ring (bicyclic) bond motifs is 1. The predicted molar refractivity (Wildman–Crippen MR) is 112 cm³/mol. The summed E-state index contributed by atoms with van der Waals surface area (Å²) in [5, 5.41) is 8.12. The van der Waals surface area contributed by atoms with E-state index < -0.39 is 17.2 Å². The van der Waals surface area contributed by atoms with Crippen LogP contribution in [0.2, 0.25) is 0 Å². The molecule has 0 atom stereocenters. The predicted octanol–water partition coefficient (Wildman–Crippen LogP) is 2.53. The number of hydrogen-bond acceptors (Lipinski definition) is 5. The minimum atomic E-state index is -0.787. The largest absolute Gasteiger partial charge is 0.378 e. The molecule has 2 aromatic carbocycles. The highest BCUT2D eigenvalue weighted by Crippen LogP contribution is 2.22. The fourth-order valence-electron chi connectivity index (χ4n) is 3.64. The molecule has 2 aromatic heterocycles. The molecule has 0 bridgehead atoms. The van der Waals surface area contributed by atoms with Gasteiger partial charge in [0.25, 0.3) is 11.5 Å². The Kier molecular flexibility index (Phi) is 4.98. The van der Waals surface area contributed by atoms with Gasteiger partial charge in [-0.25, -0.2) is 13.5 Å². The fourth-order valence-corrected chi connectivity index (χ4v) is 3.64. The zero-order valence-electron chi connectivity index (χ0n) is 16.7. The van der Waals surface area contributed by atoms with Crippen molar-refractivity contribution in [3.63, 3.8) is 0 Å². The average Bonchev–Trinajstić information content (AvgIpc) is 3.29. The van der Waals surface area contributed by atoms with Gasteiger partial charge in [-0.05, 0) is 36.4 Å². The molecule has 1 N–H and O–H groups in total. The monoisotopic (exact) mass is 437 g/mol. The van der Waals surface area contributed by atoms with E-state index in [9.17, 15) is 18.4 Å². The van der Waals surface area contributed by atoms with Gasteiger partial charge in [0.2, 0.25) is 0 Å². The first kappa shape index (κ1) is 20.0. The topological polar surface area (TPSA) is 93.1 Å². The number of benzene rings is 2. The summed E-state index contributed by atoms with van der Waals surface area (Å²) < 4.78 is 34.3. The second-order valence-electron chi connectivity index (χ2n) is 7.36. The lowest BCUT2D eigenvalue weighted by molar-refractivity contribution is 0.0303. The molecule has 1 aliphatic heterocycles. The van der Waals surface area contributed by atoms with Crippen molar-refractivity contribution in [3.05, 3.63) is 76.2 Å². The van der Waals surface area contributed by atoms with E-state index in [0.717, 1.165) is 12.1 Å². The van der Waals surface area contributed by atoms with E-state index in [1.807, 2.05) is 0 Å². The number of ether oxygens (including phenoxy) is 1. The Bertz CT molecular complexity index is 1370. The van der Waals surface area contributed by atoms with Crippen molar-refractivity contribution in [2.24, 2.45) is 0 Å². The summed E-state index contributed by atoms with van der Waals surface area (Å²) in [6, 6.07) is 9.96. The quantitative estimate of drug-likeness (QED) is 0.532. The Morgan fingerprint density at radius 1 is 1.06 bits per heavy atom. The Labute approximate surface area is 180 Å². The van der Waals surface area contributed by atoms with Gasteiger partial charge in [0.05, 0.1) is 36.2 Å². The average molecular weight is 437 g/mol. The summed E-state index contributed by atoms with van der Waals surface area (Å²) in [6.07, 6.45) is 1.52. The number of aromatic nitrogens is 4. The van der Waals surface area contributed by atoms with Gasteiger partial charge in [-0.1, -0.05) is 5.21 Å². The van der Waals surface area contributed by atoms with Gasteiger partial charge in [-0.15, -0.1) is 5.10 Å². The Balaban J connectivity index is 1.43. The molecular formula is C22H17F2N5O3. The zero-order valence-corrected chi connectivity index (χ0v) is 16.7. The van der Waals surface area contributed by atoms with Crippen molar-refractivity contribution in [1.29, 1.82) is 0 Å². The van der Waals surface area contributed by atoms with Crippen molar-refractivity contribution in [2.75, 3.05) is 26.3 Å². The number of rotatable bonds is 3. The highest BCUT2D eigenvalue weighted by atomic mass is 19.1. The number of aromatic amines is 1. The van der Waals surface area contributed by atoms with Crippen LogP contribution >= 0.6 is 0 Å². The summed E-state index contributed by atoms with van der Waals surface area (Å²) in [5.74, 6) is -1.63. The van der Waals surface area contributed by atoms with Gasteiger partial charge in [-0.3, -0.25) is 9.59 Å². The van der Waals surface area contributed by atoms with E-state index >= 15 is 0 Å². The molecule has 162 valence electrons. The second-order valence-corrected chi connectivity index (χ2v) is 7.36. The van der Waals surface area contributed by atoms with Crippen LogP contribution in [-0.4, -0.2) is 57.1 Å². The number of pyridine rings is 1. The number of halogens is 2. The zero-order chi connectivity index (χ0) is 22.2. The highest BCUT2D eigenvalue weighted by molar-refractivity contribution is 5.94. The molecule has 8 nitrogen and oxygen atoms in total. The maximum absolute atomic E-state index is 14.1. The van der Waals surface area contributed by atoms with Crippen LogP contribution in [0.15, 0.2) is 53.5 Å². The van der Waals surface area contributed by atoms with Crippen LogP contribution in [0.1, 0.15) is 10.4 Å². The maximum Gasteiger partial charge on any atom is 0.258 e. The van der Waals surface area contributed by atoms with Crippen LogP contribution in [-0.2, 0) is 4.74 Å². The summed E-state index contributed by atoms with van der Waals surface area (Å²) in [6.45, 7) is 2.16. The molecule has 32 heavy (non-hydrogen) atoms. The summed E-state index contributed by atoms with van der Waals surface area (Å²) >= 11 is 0. The smallest absolute Gasteiger partial charge is 0.258 e. The molecule has 0 aliphatic carbocycles. The number of nitrogens with one attached hydrogen (secondary N) is 1. The minimum Gasteiger partial charge on any atom is -0.378 e. The van der Waals surface area contributed by atoms with Crippen LogP contribution < -0.4 is 5.56 Å². The number of carbonyl (C=O) groups is 1. The third kappa shape index (κ3) is 3.65. The number of H-pyrrole nitrogens is 1. The molecule has 0 unspecified atom stereocenters. The second kappa shape index (κ2) is 7.97. The molecule has 1 aliphatic rings. The Morgan fingerprint density at radius 3 is 2.56 bits per heavy atom. The van der Waals surface area contributed by atoms with Gasteiger partial charge < -0.3 is 14.6 Å². The molecular weight excluding hydrogens is 420 g/mol. The molecule has 0 spiro atoms. The van der Waals surface area contributed by atoms with Crippen molar-refractivity contribution >= 4 is 16.8 Å². The van der Waals surface area contributed by atoms with Crippen LogP contribution in [0.4, 0.5) is 8.78 Å². The molecule has 1 amide bonds. The maximum atomic E-state index is 14.1. The first-order valence-corrected chi connectivity index (χ1v) is 9.92. The third-order valence-corrected chi connectivity index (χ3v) is 5.32. The van der Waals surface area contributed by atoms with E-state index in [1.54, 1.807) is 29.2 Å². The third-order valence-electron chi connectivity index (χ3n) is 5.32. The summed E-state index contributed by atoms with van der Waals surface area (Å²) in [4.78, 5) is 29.2. The molecule has 10 heteroatoms. The van der Waals surface area contributed by atoms with E-state index in [2.05, 4.69) is 15.3 Å². The SMILES string of the molecule is O=C(c1ccc(-n2cc(-c3cc4c(F)cc(F)cc4[nH]c3=O)nn2)cc1)N1CCOCC1. The molecule has 1 fully saturated rings. The van der Waals surface area contributed by atoms with Crippen LogP contribution in [0.25, 0.3) is 27.8 Å². The molecule has 4 aromatic rings. The van der Waals surface area contributed by atoms with Gasteiger partial charge in [0.1, 0.15) is 17.3 Å². The van der Waals surface area contributed by atoms with Gasteiger partial charge in [0, 0.05) is 30.1 Å². The van der Waals surface area contributed by atoms with Gasteiger partial charge in [0.15, 0.2) is 0 Å². The Morgan fingerprint density at radius 2 is 1.81 bits per heavy atom. The molecule has 0 radical (unpaired) electrons. The first-order valence-electron chi connectivity index (χ1n) is 9.92. The van der Waals surface area contributed by atoms with E-state index in [-0.39, 0.29) is 28.1 Å². The van der Waals surface area contributed by atoms with E-state index in [1.165, 1.54) is 16.9 Å². The van der Waals surface area contributed by atoms with Gasteiger partial charge in [-0.2, -0.15) is 0 Å². The van der Waals surface area contributed by atoms with Crippen molar-refractivity contribution in [2.45, 2.75) is 0 Å². The van der Waals surface area contributed by atoms with Gasteiger partial charge >= 0.3 is 0 Å². The lowest BCUT2D eigenvalue weighted by Crippen LogP contribution is -2.40. The molecule has 0 saturated carbocycles. The van der Waals surface area contributed by atoms with Crippen LogP contribution in [0, 0.1) is 11.6 Å². The van der Waals surface area contributed by atoms with Crippen molar-refractivity contribution in [3.8, 4) is 16.9 Å². The van der Waals surface area contributed by atoms with Crippen molar-refractivity contribution in [1.82, 2.24) is 24.9 Å². The first-order chi connectivity index (χ1) is 15.5. The van der Waals surface area contributed by atoms with Crippen LogP contribution in [0.5, 0.6) is 0 Å². The number of hydrogen-bond donors (Lipinski definition) is 1. The number of nitrogens with zero attached hydrogens (tertiary/aromatic N) is 4. The molecule has 1 saturated heterocycles. The standard InChI is InChI=1S/C22H17F2N5O3/c23-14-9-18(24)16-11-17(21(30)25-19(16)10-14)20-12-29(27-26-20)15-3-1-13(2-4-15)22(31)28-5-7-32-8-6-28/h1-4,9-12H,5-8H2,(H,25,30). The normalized spacial score (nSPS) is 14.1. The number of morpholine rings is 1. The van der Waals surface area contributed by atoms with E-state index in [4.69, 9.17) is 4.74 Å². The fraction of sp³-hybridized carbons (Fsp3) is 0.182. The lowest BCUT2D eigenvalue weighted by atomic mass is 10.1. The number of carbonyl (C=O) groups excluding carboxylic acids is 1. The lowest BCUT2D eigenvalue weighted by Gasteiger charge is -2.26. The molecule has 3 heterocycles. The van der Waals surface area contributed by atoms with E-state index in [0.29, 0.717) is 37.6 Å². The van der Waals surface area contributed by atoms with Crippen molar-refractivity contribution < 1.29 is 18.3 Å². The minimum absolute atomic E-state index is 0.0594.